The molecule has 0 aromatic rings. The molecule has 6 nitrogen and oxygen atoms in total. The molecule has 0 unspecified atom stereocenters. The predicted molar refractivity (Wildman–Crippen MR) is 52.9 cm³/mol. The average Bonchev–Trinajstić information content (AvgIpc) is 2.11. The lowest BCUT2D eigenvalue weighted by molar-refractivity contribution is -0.192. The second kappa shape index (κ2) is 6.17. The molecular formula is C7H13F3N2O4S. The minimum atomic E-state index is -5.08. The molecule has 0 aliphatic carbocycles. The van der Waals surface area contributed by atoms with Gasteiger partial charge in [-0.15, -0.1) is 0 Å². The predicted octanol–water partition coefficient (Wildman–Crippen LogP) is -0.469. The number of nitrogens with one attached hydrogen (secondary N) is 2. The van der Waals surface area contributed by atoms with E-state index in [2.05, 4.69) is 10.0 Å². The van der Waals surface area contributed by atoms with E-state index in [9.17, 15) is 21.6 Å². The van der Waals surface area contributed by atoms with Crippen molar-refractivity contribution in [3.63, 3.8) is 0 Å². The topological polar surface area (TPSA) is 95.5 Å². The summed E-state index contributed by atoms with van der Waals surface area (Å²) in [4.78, 5) is 8.90. The molecule has 1 saturated heterocycles. The lowest BCUT2D eigenvalue weighted by atomic mass is 10.2. The first kappa shape index (κ1) is 16.1. The lowest BCUT2D eigenvalue weighted by Crippen LogP contribution is -2.57. The van der Waals surface area contributed by atoms with Crippen molar-refractivity contribution in [2.24, 2.45) is 0 Å². The number of sulfonamides is 1. The zero-order chi connectivity index (χ0) is 13.7. The fourth-order valence-electron chi connectivity index (χ4n) is 0.709. The Balaban J connectivity index is 0.000000325. The quantitative estimate of drug-likeness (QED) is 0.648. The maximum atomic E-state index is 10.9. The molecule has 1 rings (SSSR count). The Morgan fingerprint density at radius 1 is 1.47 bits per heavy atom. The summed E-state index contributed by atoms with van der Waals surface area (Å²) in [6.45, 7) is 3.16. The summed E-state index contributed by atoms with van der Waals surface area (Å²) < 4.78 is 56.0. The number of hydrogen-bond acceptors (Lipinski definition) is 4. The van der Waals surface area contributed by atoms with E-state index in [1.807, 2.05) is 0 Å². The molecule has 1 aliphatic heterocycles. The van der Waals surface area contributed by atoms with E-state index < -0.39 is 22.2 Å². The van der Waals surface area contributed by atoms with Crippen LogP contribution in [0.5, 0.6) is 0 Å². The van der Waals surface area contributed by atoms with Crippen molar-refractivity contribution in [2.75, 3.05) is 18.8 Å². The van der Waals surface area contributed by atoms with Crippen LogP contribution in [0.3, 0.4) is 0 Å². The largest absolute Gasteiger partial charge is 0.490 e. The molecule has 0 aromatic carbocycles. The van der Waals surface area contributed by atoms with Gasteiger partial charge in [0.05, 0.1) is 5.75 Å². The highest BCUT2D eigenvalue weighted by Gasteiger charge is 2.38. The van der Waals surface area contributed by atoms with Crippen molar-refractivity contribution in [2.45, 2.75) is 19.1 Å². The maximum absolute atomic E-state index is 10.9. The van der Waals surface area contributed by atoms with E-state index >= 15 is 0 Å². The highest BCUT2D eigenvalue weighted by atomic mass is 32.2. The van der Waals surface area contributed by atoms with Gasteiger partial charge in [0.1, 0.15) is 0 Å². The molecule has 0 spiro atoms. The van der Waals surface area contributed by atoms with Crippen LogP contribution in [0.25, 0.3) is 0 Å². The molecule has 17 heavy (non-hydrogen) atoms. The van der Waals surface area contributed by atoms with Crippen LogP contribution in [-0.4, -0.2) is 50.6 Å². The van der Waals surface area contributed by atoms with Crippen molar-refractivity contribution >= 4 is 16.0 Å². The molecular weight excluding hydrogens is 265 g/mol. The van der Waals surface area contributed by atoms with E-state index in [0.717, 1.165) is 13.1 Å². The zero-order valence-electron chi connectivity index (χ0n) is 8.91. The van der Waals surface area contributed by atoms with Crippen LogP contribution in [0.15, 0.2) is 0 Å². The molecule has 0 saturated carbocycles. The highest BCUT2D eigenvalue weighted by Crippen LogP contribution is 2.13. The van der Waals surface area contributed by atoms with Crippen LogP contribution in [0.2, 0.25) is 0 Å². The monoisotopic (exact) mass is 278 g/mol. The van der Waals surface area contributed by atoms with E-state index in [1.54, 1.807) is 6.92 Å². The summed E-state index contributed by atoms with van der Waals surface area (Å²) >= 11 is 0. The van der Waals surface area contributed by atoms with Gasteiger partial charge in [-0.3, -0.25) is 0 Å². The molecule has 1 heterocycles. The number of carboxylic acid groups (broad SMARTS) is 1. The minimum Gasteiger partial charge on any atom is -0.475 e. The first-order valence-electron chi connectivity index (χ1n) is 4.59. The smallest absolute Gasteiger partial charge is 0.475 e. The van der Waals surface area contributed by atoms with Gasteiger partial charge in [0.25, 0.3) is 0 Å². The van der Waals surface area contributed by atoms with Crippen LogP contribution in [0.4, 0.5) is 13.2 Å². The standard InChI is InChI=1S/C5H12N2O2S.C2HF3O2/c1-2-10(8,9)7-5-3-6-4-5;3-2(4,5)1(6)7/h5-7H,2-4H2,1H3;(H,6,7). The summed E-state index contributed by atoms with van der Waals surface area (Å²) in [7, 11) is -2.97. The van der Waals surface area contributed by atoms with Crippen LogP contribution in [-0.2, 0) is 14.8 Å². The normalized spacial score (nSPS) is 16.7. The van der Waals surface area contributed by atoms with Gasteiger partial charge in [-0.25, -0.2) is 17.9 Å². The fraction of sp³-hybridized carbons (Fsp3) is 0.857. The number of aliphatic carboxylic acids is 1. The number of hydrogen-bond donors (Lipinski definition) is 3. The molecule has 10 heteroatoms. The zero-order valence-corrected chi connectivity index (χ0v) is 9.73. The second-order valence-electron chi connectivity index (χ2n) is 3.18. The van der Waals surface area contributed by atoms with Gasteiger partial charge in [0, 0.05) is 19.1 Å². The Hall–Kier alpha value is -0.870. The lowest BCUT2D eigenvalue weighted by Gasteiger charge is -2.27. The van der Waals surface area contributed by atoms with Crippen LogP contribution < -0.4 is 10.0 Å². The first-order chi connectivity index (χ1) is 7.58. The number of halogens is 3. The Labute approximate surface area is 96.2 Å². The number of alkyl halides is 3. The third-order valence-electron chi connectivity index (χ3n) is 1.75. The van der Waals surface area contributed by atoms with E-state index in [4.69, 9.17) is 9.90 Å². The summed E-state index contributed by atoms with van der Waals surface area (Å²) in [5.41, 5.74) is 0. The van der Waals surface area contributed by atoms with Gasteiger partial charge >= 0.3 is 12.1 Å². The molecule has 0 amide bonds. The van der Waals surface area contributed by atoms with Crippen LogP contribution in [0, 0.1) is 0 Å². The first-order valence-corrected chi connectivity index (χ1v) is 6.24. The van der Waals surface area contributed by atoms with Crippen LogP contribution >= 0.6 is 0 Å². The summed E-state index contributed by atoms with van der Waals surface area (Å²) in [6.07, 6.45) is -5.08. The van der Waals surface area contributed by atoms with E-state index in [1.165, 1.54) is 0 Å². The fourth-order valence-corrected chi connectivity index (χ4v) is 1.55. The summed E-state index contributed by atoms with van der Waals surface area (Å²) in [5, 5.41) is 10.1. The van der Waals surface area contributed by atoms with Crippen LogP contribution in [0.1, 0.15) is 6.92 Å². The number of carbonyl (C=O) groups is 1. The van der Waals surface area contributed by atoms with Gasteiger partial charge in [-0.1, -0.05) is 0 Å². The van der Waals surface area contributed by atoms with Gasteiger partial charge in [0.15, 0.2) is 0 Å². The Bertz CT molecular complexity index is 351. The van der Waals surface area contributed by atoms with Crippen molar-refractivity contribution in [3.8, 4) is 0 Å². The second-order valence-corrected chi connectivity index (χ2v) is 5.22. The van der Waals surface area contributed by atoms with Crippen molar-refractivity contribution in [1.82, 2.24) is 10.0 Å². The maximum Gasteiger partial charge on any atom is 0.490 e. The van der Waals surface area contributed by atoms with Gasteiger partial charge in [-0.2, -0.15) is 13.2 Å². The molecule has 102 valence electrons. The molecule has 0 bridgehead atoms. The molecule has 1 fully saturated rings. The molecule has 3 N–H and O–H groups in total. The average molecular weight is 278 g/mol. The van der Waals surface area contributed by atoms with E-state index in [0.29, 0.717) is 0 Å². The third kappa shape index (κ3) is 7.13. The molecule has 0 aromatic heterocycles. The van der Waals surface area contributed by atoms with Gasteiger partial charge < -0.3 is 10.4 Å². The minimum absolute atomic E-state index is 0.130. The van der Waals surface area contributed by atoms with Crippen molar-refractivity contribution < 1.29 is 31.5 Å². The van der Waals surface area contributed by atoms with Gasteiger partial charge in [-0.05, 0) is 6.92 Å². The molecule has 0 radical (unpaired) electrons. The van der Waals surface area contributed by atoms with E-state index in [-0.39, 0.29) is 11.8 Å². The summed E-state index contributed by atoms with van der Waals surface area (Å²) in [6, 6.07) is 0.130. The molecule has 0 atom stereocenters. The number of carboxylic acids is 1. The third-order valence-corrected chi connectivity index (χ3v) is 3.20. The van der Waals surface area contributed by atoms with Crippen molar-refractivity contribution in [1.29, 1.82) is 0 Å². The number of rotatable bonds is 3. The molecule has 1 aliphatic rings. The Kier molecular flexibility index (Phi) is 5.85. The Morgan fingerprint density at radius 3 is 2.06 bits per heavy atom. The van der Waals surface area contributed by atoms with Gasteiger partial charge in [0.2, 0.25) is 10.0 Å². The highest BCUT2D eigenvalue weighted by molar-refractivity contribution is 7.89. The summed E-state index contributed by atoms with van der Waals surface area (Å²) in [5.74, 6) is -2.59. The SMILES string of the molecule is CCS(=O)(=O)NC1CNC1.O=C(O)C(F)(F)F. The Morgan fingerprint density at radius 2 is 1.88 bits per heavy atom. The van der Waals surface area contributed by atoms with Crippen molar-refractivity contribution in [3.05, 3.63) is 0 Å².